The Labute approximate surface area is 151 Å². The van der Waals surface area contributed by atoms with Crippen molar-refractivity contribution in [3.05, 3.63) is 59.6 Å². The van der Waals surface area contributed by atoms with E-state index in [1.807, 2.05) is 0 Å². The summed E-state index contributed by atoms with van der Waals surface area (Å²) in [5.74, 6) is -0.266. The second kappa shape index (κ2) is 8.75. The van der Waals surface area contributed by atoms with Crippen LogP contribution in [-0.4, -0.2) is 33.3 Å². The molecule has 0 fully saturated rings. The maximum absolute atomic E-state index is 12.4. The summed E-state index contributed by atoms with van der Waals surface area (Å²) in [6.45, 7) is 3.56. The molecule has 0 bridgehead atoms. The number of esters is 2. The Hall–Kier alpha value is -3.22. The van der Waals surface area contributed by atoms with E-state index < -0.39 is 11.9 Å². The molecule has 1 heterocycles. The van der Waals surface area contributed by atoms with Crippen LogP contribution >= 0.6 is 0 Å². The molecule has 2 aromatic rings. The molecule has 0 N–H and O–H groups in total. The molecule has 7 heteroatoms. The Morgan fingerprint density at radius 1 is 1.12 bits per heavy atom. The number of benzene rings is 1. The molecule has 0 amide bonds. The van der Waals surface area contributed by atoms with Crippen molar-refractivity contribution >= 4 is 11.9 Å². The van der Waals surface area contributed by atoms with Crippen molar-refractivity contribution in [2.45, 2.75) is 13.0 Å². The van der Waals surface area contributed by atoms with Crippen molar-refractivity contribution in [2.24, 2.45) is 0 Å². The third kappa shape index (κ3) is 4.05. The van der Waals surface area contributed by atoms with E-state index in [0.717, 1.165) is 5.56 Å². The second-order valence-corrected chi connectivity index (χ2v) is 5.21. The van der Waals surface area contributed by atoms with Gasteiger partial charge in [-0.2, -0.15) is 0 Å². The van der Waals surface area contributed by atoms with Gasteiger partial charge in [-0.3, -0.25) is 0 Å². The molecule has 0 saturated heterocycles. The highest BCUT2D eigenvalue weighted by Crippen LogP contribution is 2.33. The Morgan fingerprint density at radius 2 is 1.88 bits per heavy atom. The van der Waals surface area contributed by atoms with Gasteiger partial charge in [0.05, 0.1) is 33.2 Å². The summed E-state index contributed by atoms with van der Waals surface area (Å²) in [5, 5.41) is 0. The first kappa shape index (κ1) is 19.1. The van der Waals surface area contributed by atoms with Crippen LogP contribution in [0.4, 0.5) is 0 Å². The molecule has 0 atom stereocenters. The topological polar surface area (TPSA) is 84.2 Å². The van der Waals surface area contributed by atoms with Crippen LogP contribution in [0.2, 0.25) is 0 Å². The van der Waals surface area contributed by atoms with Gasteiger partial charge in [0.15, 0.2) is 11.5 Å². The standard InChI is InChI=1S/C19H20O7/c1-5-6-12-9-14(10-15(22-2)16(12)23-3)18(20)26-11-13-7-8-25-17(13)19(21)24-4/h5,7-10H,1,6,11H2,2-4H3. The smallest absolute Gasteiger partial charge is 0.374 e. The van der Waals surface area contributed by atoms with E-state index in [0.29, 0.717) is 29.0 Å². The number of carbonyl (C=O) groups is 2. The number of allylic oxidation sites excluding steroid dienone is 1. The molecule has 1 aromatic carbocycles. The number of hydrogen-bond acceptors (Lipinski definition) is 7. The van der Waals surface area contributed by atoms with Gasteiger partial charge >= 0.3 is 11.9 Å². The van der Waals surface area contributed by atoms with E-state index in [1.54, 1.807) is 12.1 Å². The van der Waals surface area contributed by atoms with Gasteiger partial charge in [0.25, 0.3) is 0 Å². The fourth-order valence-electron chi connectivity index (χ4n) is 2.42. The van der Waals surface area contributed by atoms with Crippen LogP contribution in [0.5, 0.6) is 11.5 Å². The van der Waals surface area contributed by atoms with E-state index in [9.17, 15) is 9.59 Å². The average Bonchev–Trinajstić information content (AvgIpc) is 3.13. The maximum Gasteiger partial charge on any atom is 0.374 e. The van der Waals surface area contributed by atoms with Crippen LogP contribution < -0.4 is 9.47 Å². The largest absolute Gasteiger partial charge is 0.493 e. The summed E-state index contributed by atoms with van der Waals surface area (Å²) in [7, 11) is 4.25. The SMILES string of the molecule is C=CCc1cc(C(=O)OCc2ccoc2C(=O)OC)cc(OC)c1OC. The normalized spacial score (nSPS) is 10.1. The summed E-state index contributed by atoms with van der Waals surface area (Å²) in [5.41, 5.74) is 1.45. The molecule has 26 heavy (non-hydrogen) atoms. The van der Waals surface area contributed by atoms with E-state index >= 15 is 0 Å². The average molecular weight is 360 g/mol. The van der Waals surface area contributed by atoms with Crippen LogP contribution in [0.3, 0.4) is 0 Å². The fraction of sp³-hybridized carbons (Fsp3) is 0.263. The highest BCUT2D eigenvalue weighted by atomic mass is 16.5. The monoisotopic (exact) mass is 360 g/mol. The highest BCUT2D eigenvalue weighted by Gasteiger charge is 2.20. The van der Waals surface area contributed by atoms with Crippen molar-refractivity contribution in [1.82, 2.24) is 0 Å². The molecular formula is C19H20O7. The Morgan fingerprint density at radius 3 is 2.50 bits per heavy atom. The number of ether oxygens (including phenoxy) is 4. The lowest BCUT2D eigenvalue weighted by molar-refractivity contribution is 0.0453. The van der Waals surface area contributed by atoms with Gasteiger partial charge in [-0.15, -0.1) is 6.58 Å². The maximum atomic E-state index is 12.4. The molecule has 0 spiro atoms. The summed E-state index contributed by atoms with van der Waals surface area (Å²) >= 11 is 0. The van der Waals surface area contributed by atoms with Gasteiger partial charge in [-0.25, -0.2) is 9.59 Å². The fourth-order valence-corrected chi connectivity index (χ4v) is 2.42. The molecule has 0 aliphatic rings. The number of hydrogen-bond donors (Lipinski definition) is 0. The number of rotatable bonds is 8. The summed E-state index contributed by atoms with van der Waals surface area (Å²) in [6, 6.07) is 4.73. The number of methoxy groups -OCH3 is 3. The van der Waals surface area contributed by atoms with E-state index in [4.69, 9.17) is 18.6 Å². The van der Waals surface area contributed by atoms with Crippen molar-refractivity contribution in [3.8, 4) is 11.5 Å². The Bertz CT molecular complexity index is 804. The van der Waals surface area contributed by atoms with E-state index in [2.05, 4.69) is 11.3 Å². The molecule has 2 rings (SSSR count). The van der Waals surface area contributed by atoms with E-state index in [-0.39, 0.29) is 12.4 Å². The lowest BCUT2D eigenvalue weighted by Gasteiger charge is -2.14. The van der Waals surface area contributed by atoms with Crippen molar-refractivity contribution in [1.29, 1.82) is 0 Å². The van der Waals surface area contributed by atoms with Crippen molar-refractivity contribution in [3.63, 3.8) is 0 Å². The number of furan rings is 1. The van der Waals surface area contributed by atoms with Crippen LogP contribution in [0.1, 0.15) is 32.0 Å². The summed E-state index contributed by atoms with van der Waals surface area (Å²) < 4.78 is 25.6. The van der Waals surface area contributed by atoms with Gasteiger partial charge < -0.3 is 23.4 Å². The molecule has 0 aliphatic heterocycles. The van der Waals surface area contributed by atoms with Crippen molar-refractivity contribution in [2.75, 3.05) is 21.3 Å². The summed E-state index contributed by atoms with van der Waals surface area (Å²) in [6.07, 6.45) is 3.52. The first-order chi connectivity index (χ1) is 12.5. The lowest BCUT2D eigenvalue weighted by atomic mass is 10.1. The first-order valence-electron chi connectivity index (χ1n) is 7.73. The number of carbonyl (C=O) groups excluding carboxylic acids is 2. The predicted octanol–water partition coefficient (Wildman–Crippen LogP) is 3.17. The lowest BCUT2D eigenvalue weighted by Crippen LogP contribution is -2.09. The van der Waals surface area contributed by atoms with E-state index in [1.165, 1.54) is 39.7 Å². The Balaban J connectivity index is 2.22. The van der Waals surface area contributed by atoms with Crippen LogP contribution in [0, 0.1) is 0 Å². The van der Waals surface area contributed by atoms with Gasteiger partial charge in [0.2, 0.25) is 5.76 Å². The molecule has 0 unspecified atom stereocenters. The second-order valence-electron chi connectivity index (χ2n) is 5.21. The minimum atomic E-state index is -0.638. The minimum Gasteiger partial charge on any atom is -0.493 e. The molecule has 1 aromatic heterocycles. The van der Waals surface area contributed by atoms with Crippen LogP contribution in [0.15, 0.2) is 41.5 Å². The molecule has 138 valence electrons. The van der Waals surface area contributed by atoms with Crippen molar-refractivity contribution < 1.29 is 33.0 Å². The molecule has 7 nitrogen and oxygen atoms in total. The van der Waals surface area contributed by atoms with Crippen LogP contribution in [-0.2, 0) is 22.5 Å². The van der Waals surface area contributed by atoms with Gasteiger partial charge in [-0.1, -0.05) is 6.08 Å². The van der Waals surface area contributed by atoms with Gasteiger partial charge in [0.1, 0.15) is 6.61 Å². The molecule has 0 saturated carbocycles. The van der Waals surface area contributed by atoms with Gasteiger partial charge in [0, 0.05) is 11.1 Å². The molecular weight excluding hydrogens is 340 g/mol. The van der Waals surface area contributed by atoms with Crippen LogP contribution in [0.25, 0.3) is 0 Å². The molecule has 0 aliphatic carbocycles. The van der Waals surface area contributed by atoms with Gasteiger partial charge in [-0.05, 0) is 24.6 Å². The third-order valence-corrected chi connectivity index (χ3v) is 3.63. The molecule has 0 radical (unpaired) electrons. The summed E-state index contributed by atoms with van der Waals surface area (Å²) in [4.78, 5) is 24.0. The predicted molar refractivity (Wildman–Crippen MR) is 92.6 cm³/mol. The zero-order valence-corrected chi connectivity index (χ0v) is 14.9. The highest BCUT2D eigenvalue weighted by molar-refractivity contribution is 5.91. The Kier molecular flexibility index (Phi) is 6.43. The quantitative estimate of drug-likeness (QED) is 0.528. The minimum absolute atomic E-state index is 0.0000390. The third-order valence-electron chi connectivity index (χ3n) is 3.63. The first-order valence-corrected chi connectivity index (χ1v) is 7.73. The zero-order chi connectivity index (χ0) is 19.1. The zero-order valence-electron chi connectivity index (χ0n) is 14.9.